The number of thioether (sulfide) groups is 1. The molecular formula is C20H17Cl2N5O3S2. The van der Waals surface area contributed by atoms with Gasteiger partial charge in [0, 0.05) is 27.0 Å². The lowest BCUT2D eigenvalue weighted by molar-refractivity contribution is -0.136. The van der Waals surface area contributed by atoms with Crippen molar-refractivity contribution >= 4 is 70.0 Å². The van der Waals surface area contributed by atoms with Crippen LogP contribution < -0.4 is 15.5 Å². The molecule has 0 radical (unpaired) electrons. The summed E-state index contributed by atoms with van der Waals surface area (Å²) in [5, 5.41) is 15.9. The molecular weight excluding hydrogens is 493 g/mol. The van der Waals surface area contributed by atoms with E-state index in [0.717, 1.165) is 26.2 Å². The summed E-state index contributed by atoms with van der Waals surface area (Å²) < 4.78 is 6.27. The second-order valence-electron chi connectivity index (χ2n) is 6.26. The van der Waals surface area contributed by atoms with Crippen LogP contribution in [-0.2, 0) is 15.3 Å². The number of aromatic nitrogens is 2. The topological polar surface area (TPSA) is 106 Å². The van der Waals surface area contributed by atoms with E-state index in [1.54, 1.807) is 31.0 Å². The van der Waals surface area contributed by atoms with Gasteiger partial charge in [0.2, 0.25) is 0 Å². The van der Waals surface area contributed by atoms with Crippen molar-refractivity contribution in [2.45, 2.75) is 17.0 Å². The second kappa shape index (κ2) is 11.3. The third-order valence-corrected chi connectivity index (χ3v) is 6.33. The Labute approximate surface area is 202 Å². The SMILES string of the molecule is COc1ccc(/C=N/NC(=O)C(=O)Nc2cc(Cl)cc(Cl)c2)cc1CSc1nnc(C)s1. The summed E-state index contributed by atoms with van der Waals surface area (Å²) in [6, 6.07) is 9.93. The Morgan fingerprint density at radius 1 is 1.16 bits per heavy atom. The van der Waals surface area contributed by atoms with Crippen LogP contribution in [0, 0.1) is 6.92 Å². The van der Waals surface area contributed by atoms with Crippen molar-refractivity contribution in [1.29, 1.82) is 0 Å². The number of amides is 2. The highest BCUT2D eigenvalue weighted by molar-refractivity contribution is 8.00. The van der Waals surface area contributed by atoms with Crippen LogP contribution in [-0.4, -0.2) is 35.3 Å². The van der Waals surface area contributed by atoms with E-state index in [2.05, 4.69) is 26.0 Å². The molecule has 32 heavy (non-hydrogen) atoms. The van der Waals surface area contributed by atoms with Crippen molar-refractivity contribution in [1.82, 2.24) is 15.6 Å². The second-order valence-corrected chi connectivity index (χ2v) is 9.54. The summed E-state index contributed by atoms with van der Waals surface area (Å²) in [6.07, 6.45) is 1.43. The molecule has 2 amide bonds. The van der Waals surface area contributed by atoms with Gasteiger partial charge in [0.25, 0.3) is 0 Å². The summed E-state index contributed by atoms with van der Waals surface area (Å²) in [7, 11) is 1.60. The fraction of sp³-hybridized carbons (Fsp3) is 0.150. The molecule has 1 aromatic heterocycles. The molecule has 0 spiro atoms. The van der Waals surface area contributed by atoms with Crippen LogP contribution in [0.2, 0.25) is 10.0 Å². The van der Waals surface area contributed by atoms with E-state index < -0.39 is 11.8 Å². The number of carbonyl (C=O) groups is 2. The number of methoxy groups -OCH3 is 1. The first-order chi connectivity index (χ1) is 15.3. The number of carbonyl (C=O) groups excluding carboxylic acids is 2. The smallest absolute Gasteiger partial charge is 0.329 e. The van der Waals surface area contributed by atoms with Gasteiger partial charge >= 0.3 is 11.8 Å². The monoisotopic (exact) mass is 509 g/mol. The van der Waals surface area contributed by atoms with Crippen LogP contribution in [0.4, 0.5) is 5.69 Å². The number of benzene rings is 2. The van der Waals surface area contributed by atoms with E-state index in [9.17, 15) is 9.59 Å². The van der Waals surface area contributed by atoms with Crippen LogP contribution >= 0.6 is 46.3 Å². The molecule has 0 atom stereocenters. The lowest BCUT2D eigenvalue weighted by atomic mass is 10.1. The largest absolute Gasteiger partial charge is 0.496 e. The Morgan fingerprint density at radius 2 is 1.91 bits per heavy atom. The highest BCUT2D eigenvalue weighted by atomic mass is 35.5. The molecule has 1 heterocycles. The van der Waals surface area contributed by atoms with Gasteiger partial charge in [0.15, 0.2) is 4.34 Å². The molecule has 0 bridgehead atoms. The number of ether oxygens (including phenoxy) is 1. The first-order valence-electron chi connectivity index (χ1n) is 9.04. The average molecular weight is 510 g/mol. The van der Waals surface area contributed by atoms with E-state index in [1.165, 1.54) is 35.8 Å². The number of halogens is 2. The van der Waals surface area contributed by atoms with Gasteiger partial charge in [-0.2, -0.15) is 5.10 Å². The fourth-order valence-corrected chi connectivity index (χ4v) is 4.82. The van der Waals surface area contributed by atoms with Gasteiger partial charge in [-0.05, 0) is 48.9 Å². The Bertz CT molecular complexity index is 1150. The van der Waals surface area contributed by atoms with E-state index >= 15 is 0 Å². The zero-order chi connectivity index (χ0) is 23.1. The summed E-state index contributed by atoms with van der Waals surface area (Å²) in [5.41, 5.74) is 4.14. The van der Waals surface area contributed by atoms with E-state index in [0.29, 0.717) is 21.5 Å². The maximum atomic E-state index is 12.0. The normalized spacial score (nSPS) is 10.9. The van der Waals surface area contributed by atoms with Crippen molar-refractivity contribution in [3.63, 3.8) is 0 Å². The number of rotatable bonds is 7. The Morgan fingerprint density at radius 3 is 2.56 bits per heavy atom. The van der Waals surface area contributed by atoms with Gasteiger partial charge in [0.1, 0.15) is 10.8 Å². The highest BCUT2D eigenvalue weighted by Gasteiger charge is 2.14. The standard InChI is InChI=1S/C20H17Cl2N5O3S2/c1-11-25-27-20(32-11)31-10-13-5-12(3-4-17(13)30-2)9-23-26-19(29)18(28)24-16-7-14(21)6-15(22)8-16/h3-9H,10H2,1-2H3,(H,24,28)(H,26,29)/b23-9+. The van der Waals surface area contributed by atoms with Gasteiger partial charge < -0.3 is 10.1 Å². The van der Waals surface area contributed by atoms with Crippen molar-refractivity contribution in [3.8, 4) is 5.75 Å². The lowest BCUT2D eigenvalue weighted by Gasteiger charge is -2.08. The molecule has 0 saturated heterocycles. The van der Waals surface area contributed by atoms with Gasteiger partial charge in [-0.25, -0.2) is 5.43 Å². The van der Waals surface area contributed by atoms with Gasteiger partial charge in [-0.1, -0.05) is 46.3 Å². The number of nitrogens with one attached hydrogen (secondary N) is 2. The van der Waals surface area contributed by atoms with E-state index in [-0.39, 0.29) is 0 Å². The first-order valence-corrected chi connectivity index (χ1v) is 11.6. The summed E-state index contributed by atoms with van der Waals surface area (Å²) in [4.78, 5) is 24.0. The maximum Gasteiger partial charge on any atom is 0.329 e. The molecule has 166 valence electrons. The summed E-state index contributed by atoms with van der Waals surface area (Å²) in [6.45, 7) is 1.90. The van der Waals surface area contributed by atoms with Crippen LogP contribution in [0.25, 0.3) is 0 Å². The van der Waals surface area contributed by atoms with Crippen molar-refractivity contribution in [3.05, 3.63) is 62.6 Å². The minimum Gasteiger partial charge on any atom is -0.496 e. The van der Waals surface area contributed by atoms with Crippen LogP contribution in [0.15, 0.2) is 45.8 Å². The van der Waals surface area contributed by atoms with Gasteiger partial charge in [-0.15, -0.1) is 10.2 Å². The minimum absolute atomic E-state index is 0.301. The summed E-state index contributed by atoms with van der Waals surface area (Å²) >= 11 is 14.8. The first kappa shape index (κ1) is 24.0. The molecule has 0 fully saturated rings. The number of hydrogen-bond donors (Lipinski definition) is 2. The highest BCUT2D eigenvalue weighted by Crippen LogP contribution is 2.30. The van der Waals surface area contributed by atoms with Crippen molar-refractivity contribution in [2.75, 3.05) is 12.4 Å². The zero-order valence-corrected chi connectivity index (χ0v) is 20.0. The van der Waals surface area contributed by atoms with E-state index in [4.69, 9.17) is 27.9 Å². The molecule has 0 aliphatic carbocycles. The quantitative estimate of drug-likeness (QED) is 0.209. The number of aryl methyl sites for hydroxylation is 1. The Balaban J connectivity index is 1.60. The molecule has 8 nitrogen and oxygen atoms in total. The number of anilines is 1. The fourth-order valence-electron chi connectivity index (χ4n) is 2.50. The molecule has 3 rings (SSSR count). The molecule has 12 heteroatoms. The minimum atomic E-state index is -0.937. The molecule has 3 aromatic rings. The van der Waals surface area contributed by atoms with Crippen molar-refractivity contribution < 1.29 is 14.3 Å². The van der Waals surface area contributed by atoms with Crippen LogP contribution in [0.3, 0.4) is 0 Å². The summed E-state index contributed by atoms with van der Waals surface area (Å²) in [5.74, 6) is -0.497. The lowest BCUT2D eigenvalue weighted by Crippen LogP contribution is -2.32. The Kier molecular flexibility index (Phi) is 8.46. The maximum absolute atomic E-state index is 12.0. The number of hydrogen-bond acceptors (Lipinski definition) is 8. The van der Waals surface area contributed by atoms with E-state index in [1.807, 2.05) is 13.0 Å². The zero-order valence-electron chi connectivity index (χ0n) is 16.9. The average Bonchev–Trinajstić information content (AvgIpc) is 3.16. The van der Waals surface area contributed by atoms with Crippen LogP contribution in [0.5, 0.6) is 5.75 Å². The molecule has 2 N–H and O–H groups in total. The third-order valence-electron chi connectivity index (χ3n) is 3.87. The molecule has 2 aromatic carbocycles. The third kappa shape index (κ3) is 6.92. The molecule has 0 saturated carbocycles. The molecule has 0 unspecified atom stereocenters. The number of nitrogens with zero attached hydrogens (tertiary/aromatic N) is 3. The predicted octanol–water partition coefficient (Wildman–Crippen LogP) is 4.54. The predicted molar refractivity (Wildman–Crippen MR) is 128 cm³/mol. The van der Waals surface area contributed by atoms with Gasteiger partial charge in [0.05, 0.1) is 13.3 Å². The Hall–Kier alpha value is -2.66. The van der Waals surface area contributed by atoms with Crippen LogP contribution in [0.1, 0.15) is 16.1 Å². The van der Waals surface area contributed by atoms with Gasteiger partial charge in [-0.3, -0.25) is 9.59 Å². The number of hydrazone groups is 1. The molecule has 0 aliphatic rings. The van der Waals surface area contributed by atoms with Crippen molar-refractivity contribution in [2.24, 2.45) is 5.10 Å². The molecule has 0 aliphatic heterocycles.